The van der Waals surface area contributed by atoms with E-state index in [0.29, 0.717) is 0 Å². The topological polar surface area (TPSA) is 57.3 Å². The molecule has 0 bridgehead atoms. The molecule has 7 aromatic carbocycles. The lowest BCUT2D eigenvalue weighted by Crippen LogP contribution is -2.48. The first-order chi connectivity index (χ1) is 26.7. The fourth-order valence-corrected chi connectivity index (χ4v) is 12.5. The van der Waals surface area contributed by atoms with Gasteiger partial charge in [-0.25, -0.2) is 0 Å². The molecule has 10 aromatic rings. The normalized spacial score (nSPS) is 18.4. The summed E-state index contributed by atoms with van der Waals surface area (Å²) in [6, 6.07) is 58.1. The van der Waals surface area contributed by atoms with Crippen LogP contribution in [0.5, 0.6) is 11.5 Å². The van der Waals surface area contributed by atoms with Crippen LogP contribution in [0.2, 0.25) is 0 Å². The van der Waals surface area contributed by atoms with Gasteiger partial charge in [0, 0.05) is 61.1 Å². The molecule has 3 aromatic heterocycles. The zero-order chi connectivity index (χ0) is 35.6. The van der Waals surface area contributed by atoms with Crippen LogP contribution in [0.25, 0.3) is 49.6 Å². The number of ether oxygens (including phenoxy) is 1. The second-order valence-electron chi connectivity index (χ2n) is 14.2. The van der Waals surface area contributed by atoms with Crippen LogP contribution in [0.4, 0.5) is 0 Å². The Kier molecular flexibility index (Phi) is 5.91. The first-order valence-corrected chi connectivity index (χ1v) is 19.8. The standard InChI is InChI=1S/C48H29N2O3P/c51-54(31-13-2-1-3-14-31)45-23-11-7-18-37(45)48(38-28-34-32-15-5-9-21-41(32)52-43(34)29-46(38)54)35-17-6-10-22-42(35)53-44-27-30(24-25-36(44)48)50-39-19-8-4-16-33(39)47-40(50)20-12-26-49-47/h1-29H. The SMILES string of the molecule is O=P1(c2ccccc2)c2ccccc2C2(c3ccccc3Oc3cc(-n4c5ccccc5c5ncccc54)ccc32)c2cc3c(cc21)oc1ccccc13. The molecule has 0 saturated heterocycles. The van der Waals surface area contributed by atoms with Gasteiger partial charge in [0.25, 0.3) is 0 Å². The molecule has 0 N–H and O–H groups in total. The predicted octanol–water partition coefficient (Wildman–Crippen LogP) is 10.5. The van der Waals surface area contributed by atoms with Crippen LogP contribution >= 0.6 is 7.14 Å². The molecule has 54 heavy (non-hydrogen) atoms. The Hall–Kier alpha value is -6.68. The van der Waals surface area contributed by atoms with Crippen molar-refractivity contribution < 1.29 is 13.7 Å². The molecular weight excluding hydrogens is 684 g/mol. The molecule has 2 aliphatic heterocycles. The summed E-state index contributed by atoms with van der Waals surface area (Å²) in [5, 5.41) is 5.49. The summed E-state index contributed by atoms with van der Waals surface area (Å²) >= 11 is 0. The summed E-state index contributed by atoms with van der Waals surface area (Å²) in [7, 11) is -3.43. The molecule has 5 heterocycles. The van der Waals surface area contributed by atoms with E-state index in [4.69, 9.17) is 14.1 Å². The van der Waals surface area contributed by atoms with Gasteiger partial charge in [-0.1, -0.05) is 115 Å². The number of hydrogen-bond acceptors (Lipinski definition) is 4. The summed E-state index contributed by atoms with van der Waals surface area (Å²) < 4.78 is 32.1. The number of fused-ring (bicyclic) bond motifs is 14. The Bertz CT molecular complexity index is 3200. The van der Waals surface area contributed by atoms with Gasteiger partial charge in [-0.2, -0.15) is 0 Å². The van der Waals surface area contributed by atoms with Gasteiger partial charge in [-0.05, 0) is 59.7 Å². The Morgan fingerprint density at radius 3 is 2.15 bits per heavy atom. The lowest BCUT2D eigenvalue weighted by molar-refractivity contribution is 0.435. The number of nitrogens with zero attached hydrogens (tertiary/aromatic N) is 2. The van der Waals surface area contributed by atoms with Gasteiger partial charge in [0.1, 0.15) is 22.7 Å². The minimum Gasteiger partial charge on any atom is -0.457 e. The first-order valence-electron chi connectivity index (χ1n) is 18.1. The van der Waals surface area contributed by atoms with Gasteiger partial charge in [-0.15, -0.1) is 0 Å². The highest BCUT2D eigenvalue weighted by molar-refractivity contribution is 7.85. The second-order valence-corrected chi connectivity index (χ2v) is 16.9. The zero-order valence-electron chi connectivity index (χ0n) is 28.8. The second kappa shape index (κ2) is 10.7. The van der Waals surface area contributed by atoms with Gasteiger partial charge in [0.15, 0.2) is 7.14 Å². The summed E-state index contributed by atoms with van der Waals surface area (Å²) in [5.74, 6) is 1.51. The highest BCUT2D eigenvalue weighted by atomic mass is 31.2. The molecule has 2 atom stereocenters. The average molecular weight is 713 g/mol. The number of benzene rings is 7. The van der Waals surface area contributed by atoms with Gasteiger partial charge in [0.2, 0.25) is 0 Å². The summed E-state index contributed by atoms with van der Waals surface area (Å²) in [5.41, 5.74) is 8.63. The number of rotatable bonds is 2. The Labute approximate surface area is 310 Å². The molecule has 2 aliphatic rings. The van der Waals surface area contributed by atoms with Crippen LogP contribution in [-0.2, 0) is 9.98 Å². The molecule has 0 fully saturated rings. The number of aromatic nitrogens is 2. The highest BCUT2D eigenvalue weighted by Crippen LogP contribution is 2.62. The molecule has 1 spiro atoms. The molecule has 2 unspecified atom stereocenters. The van der Waals surface area contributed by atoms with Crippen molar-refractivity contribution in [2.24, 2.45) is 0 Å². The third kappa shape index (κ3) is 3.69. The number of pyridine rings is 1. The Balaban J connectivity index is 1.24. The summed E-state index contributed by atoms with van der Waals surface area (Å²) in [6.07, 6.45) is 1.85. The summed E-state index contributed by atoms with van der Waals surface area (Å²) in [4.78, 5) is 4.79. The van der Waals surface area contributed by atoms with Crippen molar-refractivity contribution in [3.05, 3.63) is 198 Å². The minimum atomic E-state index is -3.43. The van der Waals surface area contributed by atoms with Crippen LogP contribution in [0.15, 0.2) is 180 Å². The van der Waals surface area contributed by atoms with Gasteiger partial charge in [-0.3, -0.25) is 4.98 Å². The van der Waals surface area contributed by atoms with E-state index in [0.717, 1.165) is 99.2 Å². The maximum absolute atomic E-state index is 16.4. The third-order valence-electron chi connectivity index (χ3n) is 11.6. The molecule has 12 rings (SSSR count). The van der Waals surface area contributed by atoms with Crippen molar-refractivity contribution in [1.29, 1.82) is 0 Å². The molecule has 5 nitrogen and oxygen atoms in total. The fourth-order valence-electron chi connectivity index (χ4n) is 9.39. The van der Waals surface area contributed by atoms with E-state index in [2.05, 4.69) is 108 Å². The number of furan rings is 1. The van der Waals surface area contributed by atoms with E-state index < -0.39 is 12.6 Å². The van der Waals surface area contributed by atoms with Crippen LogP contribution in [-0.4, -0.2) is 9.55 Å². The van der Waals surface area contributed by atoms with Crippen LogP contribution in [0.1, 0.15) is 22.3 Å². The monoisotopic (exact) mass is 712 g/mol. The fraction of sp³-hybridized carbons (Fsp3) is 0.0208. The maximum Gasteiger partial charge on any atom is 0.171 e. The van der Waals surface area contributed by atoms with E-state index in [-0.39, 0.29) is 0 Å². The van der Waals surface area contributed by atoms with Crippen LogP contribution in [0.3, 0.4) is 0 Å². The molecule has 0 saturated carbocycles. The number of para-hydroxylation sites is 3. The predicted molar refractivity (Wildman–Crippen MR) is 217 cm³/mol. The first kappa shape index (κ1) is 29.9. The highest BCUT2D eigenvalue weighted by Gasteiger charge is 2.55. The van der Waals surface area contributed by atoms with E-state index >= 15 is 4.57 Å². The van der Waals surface area contributed by atoms with E-state index in [1.165, 1.54) is 0 Å². The lowest BCUT2D eigenvalue weighted by atomic mass is 9.63. The van der Waals surface area contributed by atoms with Crippen molar-refractivity contribution in [2.75, 3.05) is 0 Å². The van der Waals surface area contributed by atoms with Crippen molar-refractivity contribution in [3.8, 4) is 17.2 Å². The largest absolute Gasteiger partial charge is 0.457 e. The zero-order valence-corrected chi connectivity index (χ0v) is 29.7. The molecular formula is C48H29N2O3P. The molecule has 6 heteroatoms. The van der Waals surface area contributed by atoms with Crippen molar-refractivity contribution in [2.45, 2.75) is 5.41 Å². The Morgan fingerprint density at radius 1 is 0.519 bits per heavy atom. The molecule has 0 amide bonds. The molecule has 254 valence electrons. The van der Waals surface area contributed by atoms with Gasteiger partial charge >= 0.3 is 0 Å². The molecule has 0 aliphatic carbocycles. The summed E-state index contributed by atoms with van der Waals surface area (Å²) in [6.45, 7) is 0. The maximum atomic E-state index is 16.4. The smallest absolute Gasteiger partial charge is 0.171 e. The van der Waals surface area contributed by atoms with Crippen LogP contribution in [0, 0.1) is 0 Å². The van der Waals surface area contributed by atoms with Gasteiger partial charge in [0.05, 0.1) is 22.0 Å². The van der Waals surface area contributed by atoms with E-state index in [1.807, 2.05) is 72.9 Å². The van der Waals surface area contributed by atoms with Crippen LogP contribution < -0.4 is 20.7 Å². The quantitative estimate of drug-likeness (QED) is 0.168. The van der Waals surface area contributed by atoms with Crippen molar-refractivity contribution in [3.63, 3.8) is 0 Å². The minimum absolute atomic E-state index is 0.719. The Morgan fingerprint density at radius 2 is 1.24 bits per heavy atom. The van der Waals surface area contributed by atoms with E-state index in [1.54, 1.807) is 0 Å². The molecule has 0 radical (unpaired) electrons. The van der Waals surface area contributed by atoms with Gasteiger partial charge < -0.3 is 18.3 Å². The number of hydrogen-bond donors (Lipinski definition) is 0. The van der Waals surface area contributed by atoms with Crippen molar-refractivity contribution in [1.82, 2.24) is 9.55 Å². The van der Waals surface area contributed by atoms with Crippen molar-refractivity contribution >= 4 is 66.9 Å². The third-order valence-corrected chi connectivity index (χ3v) is 14.7. The lowest BCUT2D eigenvalue weighted by Gasteiger charge is -2.47. The average Bonchev–Trinajstić information content (AvgIpc) is 3.77. The van der Waals surface area contributed by atoms with E-state index in [9.17, 15) is 0 Å².